The number of hydrogen-bond donors (Lipinski definition) is 1. The highest BCUT2D eigenvalue weighted by Crippen LogP contribution is 2.17. The molecule has 15 heavy (non-hydrogen) atoms. The zero-order chi connectivity index (χ0) is 11.4. The molecule has 1 amide bonds. The number of hydrogen-bond acceptors (Lipinski definition) is 1. The highest BCUT2D eigenvalue weighted by Gasteiger charge is 2.12. The fraction of sp³-hybridized carbons (Fsp3) is 0.417. The van der Waals surface area contributed by atoms with Gasteiger partial charge in [-0.25, -0.2) is 4.39 Å². The van der Waals surface area contributed by atoms with Crippen LogP contribution in [0.3, 0.4) is 0 Å². The molecule has 0 aromatic heterocycles. The molecule has 3 heteroatoms. The molecular weight excluding hydrogens is 193 g/mol. The minimum absolute atomic E-state index is 0.0927. The molecule has 1 aromatic rings. The van der Waals surface area contributed by atoms with Crippen LogP contribution in [0.1, 0.15) is 25.8 Å². The summed E-state index contributed by atoms with van der Waals surface area (Å²) in [5.41, 5.74) is 1.19. The molecule has 0 saturated heterocycles. The van der Waals surface area contributed by atoms with Crippen LogP contribution in [-0.4, -0.2) is 5.91 Å². The lowest BCUT2D eigenvalue weighted by Gasteiger charge is -2.11. The second-order valence-electron chi connectivity index (χ2n) is 3.78. The summed E-state index contributed by atoms with van der Waals surface area (Å²) in [7, 11) is 0. The highest BCUT2D eigenvalue weighted by molar-refractivity contribution is 5.92. The van der Waals surface area contributed by atoms with E-state index >= 15 is 0 Å². The molecule has 1 unspecified atom stereocenters. The van der Waals surface area contributed by atoms with Gasteiger partial charge in [-0.1, -0.05) is 19.9 Å². The van der Waals surface area contributed by atoms with Gasteiger partial charge in [0.25, 0.3) is 0 Å². The third kappa shape index (κ3) is 3.05. The van der Waals surface area contributed by atoms with Gasteiger partial charge in [-0.15, -0.1) is 0 Å². The van der Waals surface area contributed by atoms with Crippen molar-refractivity contribution in [2.75, 3.05) is 5.32 Å². The zero-order valence-electron chi connectivity index (χ0n) is 9.30. The van der Waals surface area contributed by atoms with Crippen LogP contribution in [0.2, 0.25) is 0 Å². The maximum absolute atomic E-state index is 13.3. The third-order valence-electron chi connectivity index (χ3n) is 2.44. The first-order chi connectivity index (χ1) is 7.04. The molecule has 2 nitrogen and oxygen atoms in total. The van der Waals surface area contributed by atoms with Crippen LogP contribution in [0.15, 0.2) is 18.2 Å². The van der Waals surface area contributed by atoms with Crippen molar-refractivity contribution in [3.63, 3.8) is 0 Å². The van der Waals surface area contributed by atoms with Crippen molar-refractivity contribution in [1.29, 1.82) is 0 Å². The smallest absolute Gasteiger partial charge is 0.227 e. The van der Waals surface area contributed by atoms with Gasteiger partial charge in [0.1, 0.15) is 5.82 Å². The molecular formula is C12H16FNO. The van der Waals surface area contributed by atoms with Gasteiger partial charge in [-0.2, -0.15) is 0 Å². The Morgan fingerprint density at radius 1 is 1.53 bits per heavy atom. The van der Waals surface area contributed by atoms with E-state index in [0.717, 1.165) is 12.0 Å². The first-order valence-corrected chi connectivity index (χ1v) is 5.11. The first kappa shape index (κ1) is 11.7. The average Bonchev–Trinajstić information content (AvgIpc) is 2.22. The van der Waals surface area contributed by atoms with Gasteiger partial charge in [0.05, 0.1) is 5.69 Å². The Kier molecular flexibility index (Phi) is 3.83. The van der Waals surface area contributed by atoms with E-state index in [1.54, 1.807) is 12.1 Å². The largest absolute Gasteiger partial charge is 0.323 e. The van der Waals surface area contributed by atoms with E-state index in [2.05, 4.69) is 5.32 Å². The number of rotatable bonds is 3. The maximum atomic E-state index is 13.3. The SMILES string of the molecule is CCC(C)C(=O)Nc1cc(C)ccc1F. The lowest BCUT2D eigenvalue weighted by molar-refractivity contribution is -0.119. The van der Waals surface area contributed by atoms with Gasteiger partial charge in [0.2, 0.25) is 5.91 Å². The summed E-state index contributed by atoms with van der Waals surface area (Å²) in [6, 6.07) is 4.67. The number of aryl methyl sites for hydroxylation is 1. The summed E-state index contributed by atoms with van der Waals surface area (Å²) in [5, 5.41) is 2.59. The maximum Gasteiger partial charge on any atom is 0.227 e. The van der Waals surface area contributed by atoms with E-state index in [9.17, 15) is 9.18 Å². The molecule has 0 fully saturated rings. The molecule has 1 N–H and O–H groups in total. The van der Waals surface area contributed by atoms with Gasteiger partial charge in [-0.05, 0) is 31.0 Å². The van der Waals surface area contributed by atoms with Crippen molar-refractivity contribution in [3.05, 3.63) is 29.6 Å². The van der Waals surface area contributed by atoms with Crippen LogP contribution in [0, 0.1) is 18.7 Å². The third-order valence-corrected chi connectivity index (χ3v) is 2.44. The fourth-order valence-electron chi connectivity index (χ4n) is 1.18. The number of halogens is 1. The molecule has 0 bridgehead atoms. The second kappa shape index (κ2) is 4.91. The average molecular weight is 209 g/mol. The van der Waals surface area contributed by atoms with E-state index in [4.69, 9.17) is 0 Å². The molecule has 1 aromatic carbocycles. The minimum atomic E-state index is -0.391. The molecule has 0 aliphatic carbocycles. The normalized spacial score (nSPS) is 12.3. The van der Waals surface area contributed by atoms with Gasteiger partial charge in [-0.3, -0.25) is 4.79 Å². The summed E-state index contributed by atoms with van der Waals surface area (Å²) in [5.74, 6) is -0.621. The standard InChI is InChI=1S/C12H16FNO/c1-4-9(3)12(15)14-11-7-8(2)5-6-10(11)13/h5-7,9H,4H2,1-3H3,(H,14,15). The summed E-state index contributed by atoms with van der Waals surface area (Å²) in [6.45, 7) is 5.61. The van der Waals surface area contributed by atoms with Crippen molar-refractivity contribution < 1.29 is 9.18 Å². The van der Waals surface area contributed by atoms with Crippen LogP contribution < -0.4 is 5.32 Å². The Morgan fingerprint density at radius 2 is 2.20 bits per heavy atom. The predicted octanol–water partition coefficient (Wildman–Crippen LogP) is 3.12. The van der Waals surface area contributed by atoms with Crippen LogP contribution in [0.25, 0.3) is 0 Å². The quantitative estimate of drug-likeness (QED) is 0.814. The Balaban J connectivity index is 2.80. The molecule has 0 radical (unpaired) electrons. The molecule has 1 rings (SSSR count). The molecule has 0 saturated carbocycles. The summed E-state index contributed by atoms with van der Waals surface area (Å²) < 4.78 is 13.3. The molecule has 0 aliphatic heterocycles. The number of anilines is 1. The molecule has 0 heterocycles. The number of nitrogens with one attached hydrogen (secondary N) is 1. The van der Waals surface area contributed by atoms with E-state index < -0.39 is 5.82 Å². The summed E-state index contributed by atoms with van der Waals surface area (Å²) in [4.78, 5) is 11.5. The Morgan fingerprint density at radius 3 is 2.80 bits per heavy atom. The second-order valence-corrected chi connectivity index (χ2v) is 3.78. The van der Waals surface area contributed by atoms with Crippen LogP contribution in [0.4, 0.5) is 10.1 Å². The lowest BCUT2D eigenvalue weighted by Crippen LogP contribution is -2.20. The summed E-state index contributed by atoms with van der Waals surface area (Å²) >= 11 is 0. The molecule has 1 atom stereocenters. The zero-order valence-corrected chi connectivity index (χ0v) is 9.30. The van der Waals surface area contributed by atoms with Crippen molar-refractivity contribution in [2.24, 2.45) is 5.92 Å². The van der Waals surface area contributed by atoms with Gasteiger partial charge >= 0.3 is 0 Å². The number of amides is 1. The van der Waals surface area contributed by atoms with E-state index in [-0.39, 0.29) is 17.5 Å². The molecule has 82 valence electrons. The van der Waals surface area contributed by atoms with Crippen LogP contribution >= 0.6 is 0 Å². The van der Waals surface area contributed by atoms with E-state index in [1.165, 1.54) is 6.07 Å². The van der Waals surface area contributed by atoms with Crippen LogP contribution in [0.5, 0.6) is 0 Å². The Bertz CT molecular complexity index is 363. The van der Waals surface area contributed by atoms with E-state index in [0.29, 0.717) is 0 Å². The van der Waals surface area contributed by atoms with Gasteiger partial charge in [0.15, 0.2) is 0 Å². The van der Waals surface area contributed by atoms with Crippen molar-refractivity contribution in [3.8, 4) is 0 Å². The van der Waals surface area contributed by atoms with Crippen LogP contribution in [-0.2, 0) is 4.79 Å². The summed E-state index contributed by atoms with van der Waals surface area (Å²) in [6.07, 6.45) is 0.749. The molecule has 0 spiro atoms. The lowest BCUT2D eigenvalue weighted by atomic mass is 10.1. The van der Waals surface area contributed by atoms with Crippen molar-refractivity contribution in [1.82, 2.24) is 0 Å². The Hall–Kier alpha value is -1.38. The number of carbonyl (C=O) groups is 1. The predicted molar refractivity (Wildman–Crippen MR) is 59.2 cm³/mol. The van der Waals surface area contributed by atoms with Crippen molar-refractivity contribution >= 4 is 11.6 Å². The van der Waals surface area contributed by atoms with E-state index in [1.807, 2.05) is 20.8 Å². The van der Waals surface area contributed by atoms with Crippen molar-refractivity contribution in [2.45, 2.75) is 27.2 Å². The monoisotopic (exact) mass is 209 g/mol. The van der Waals surface area contributed by atoms with Gasteiger partial charge in [0, 0.05) is 5.92 Å². The van der Waals surface area contributed by atoms with Gasteiger partial charge < -0.3 is 5.32 Å². The first-order valence-electron chi connectivity index (χ1n) is 5.11. The number of carbonyl (C=O) groups excluding carboxylic acids is 1. The minimum Gasteiger partial charge on any atom is -0.323 e. The topological polar surface area (TPSA) is 29.1 Å². The number of benzene rings is 1. The molecule has 0 aliphatic rings. The Labute approximate surface area is 89.5 Å². The fourth-order valence-corrected chi connectivity index (χ4v) is 1.18. The highest BCUT2D eigenvalue weighted by atomic mass is 19.1.